The maximum atomic E-state index is 7.33. The average Bonchev–Trinajstić information content (AvgIpc) is 4.08. The Morgan fingerprint density at radius 2 is 0.792 bits per heavy atom. The van der Waals surface area contributed by atoms with Crippen LogP contribution in [0.5, 0.6) is 23.0 Å². The Labute approximate surface area is 416 Å². The first kappa shape index (κ1) is 39.5. The Morgan fingerprint density at radius 3 is 1.43 bits per heavy atom. The van der Waals surface area contributed by atoms with E-state index in [4.69, 9.17) is 13.9 Å². The number of fused-ring (bicyclic) bond motifs is 21. The molecule has 4 heteroatoms. The van der Waals surface area contributed by atoms with E-state index in [1.807, 2.05) is 6.07 Å². The smallest absolute Gasteiger partial charge is 0.140 e. The maximum Gasteiger partial charge on any atom is 0.140 e. The molecule has 0 saturated heterocycles. The molecule has 0 saturated carbocycles. The lowest BCUT2D eigenvalue weighted by Crippen LogP contribution is -2.33. The van der Waals surface area contributed by atoms with Crippen molar-refractivity contribution in [1.82, 2.24) is 0 Å². The lowest BCUT2D eigenvalue weighted by Gasteiger charge is -2.41. The Morgan fingerprint density at radius 1 is 0.306 bits per heavy atom. The van der Waals surface area contributed by atoms with E-state index < -0.39 is 10.8 Å². The summed E-state index contributed by atoms with van der Waals surface area (Å²) in [4.78, 5) is 2.46. The van der Waals surface area contributed by atoms with Gasteiger partial charge in [0.25, 0.3) is 0 Å². The van der Waals surface area contributed by atoms with Gasteiger partial charge in [0.1, 0.15) is 34.2 Å². The van der Waals surface area contributed by atoms with Crippen molar-refractivity contribution in [3.05, 3.63) is 293 Å². The van der Waals surface area contributed by atoms with E-state index in [9.17, 15) is 0 Å². The van der Waals surface area contributed by atoms with Gasteiger partial charge in [-0.3, -0.25) is 0 Å². The van der Waals surface area contributed by atoms with Crippen molar-refractivity contribution in [3.63, 3.8) is 0 Å². The molecule has 12 aromatic rings. The number of ether oxygens (including phenoxy) is 2. The third-order valence-electron chi connectivity index (χ3n) is 16.0. The number of benzene rings is 11. The minimum atomic E-state index is -0.717. The SMILES string of the molecule is c1ccc(-c2cc(N(c3ccc4c(c3)C3(c5ccccc5O4)c4ccccc4-c4ccccc43)c3cccc4oc5ccccc5c34)cc3c2Oc2ccccc2C32c3ccccc3-c3ccccc32)cc1. The standard InChI is InChI=1S/C68H41NO3/c1-2-19-42(20-3-1)50-39-44(41-58-66(50)72-62-35-17-14-31-56(62)68(58)53-28-11-6-23-47(53)48-24-7-12-29-54(48)68)69(59-32-18-36-64-65(59)49-25-8-15-33-60(49)70-64)43-37-38-63-57(40-43)67(55-30-13-16-34-61(55)71-63)51-26-9-4-21-45(51)46-22-5-10-27-52(46)67/h1-41H. The molecule has 4 nitrogen and oxygen atoms in total. The second-order valence-corrected chi connectivity index (χ2v) is 19.4. The molecule has 0 amide bonds. The summed E-state index contributed by atoms with van der Waals surface area (Å²) in [5.41, 5.74) is 19.6. The minimum absolute atomic E-state index is 0.669. The minimum Gasteiger partial charge on any atom is -0.457 e. The van der Waals surface area contributed by atoms with Gasteiger partial charge in [-0.2, -0.15) is 0 Å². The van der Waals surface area contributed by atoms with Gasteiger partial charge < -0.3 is 18.8 Å². The average molecular weight is 920 g/mol. The monoisotopic (exact) mass is 919 g/mol. The van der Waals surface area contributed by atoms with Crippen LogP contribution in [-0.2, 0) is 10.8 Å². The second kappa shape index (κ2) is 14.6. The molecule has 0 unspecified atom stereocenters. The molecule has 0 bridgehead atoms. The summed E-state index contributed by atoms with van der Waals surface area (Å²) in [5, 5.41) is 2.08. The Balaban J connectivity index is 1.05. The predicted octanol–water partition coefficient (Wildman–Crippen LogP) is 17.7. The van der Waals surface area contributed by atoms with E-state index in [0.29, 0.717) is 0 Å². The largest absolute Gasteiger partial charge is 0.457 e. The zero-order valence-corrected chi connectivity index (χ0v) is 38.8. The highest BCUT2D eigenvalue weighted by molar-refractivity contribution is 6.13. The van der Waals surface area contributed by atoms with Gasteiger partial charge in [0.15, 0.2) is 0 Å². The summed E-state index contributed by atoms with van der Waals surface area (Å²) in [6.45, 7) is 0. The zero-order valence-electron chi connectivity index (χ0n) is 38.8. The third kappa shape index (κ3) is 5.05. The van der Waals surface area contributed by atoms with Crippen molar-refractivity contribution in [2.75, 3.05) is 4.90 Å². The van der Waals surface area contributed by atoms with Crippen molar-refractivity contribution < 1.29 is 13.9 Å². The van der Waals surface area contributed by atoms with Gasteiger partial charge in [-0.05, 0) is 111 Å². The molecular formula is C68H41NO3. The number of hydrogen-bond acceptors (Lipinski definition) is 4. The molecule has 72 heavy (non-hydrogen) atoms. The summed E-state index contributed by atoms with van der Waals surface area (Å²) in [6, 6.07) is 90.1. The summed E-state index contributed by atoms with van der Waals surface area (Å²) in [5.74, 6) is 3.39. The van der Waals surface area contributed by atoms with Crippen LogP contribution in [0.25, 0.3) is 55.3 Å². The van der Waals surface area contributed by atoms with Gasteiger partial charge in [-0.1, -0.05) is 188 Å². The van der Waals surface area contributed by atoms with Crippen LogP contribution in [0.4, 0.5) is 17.1 Å². The molecule has 0 atom stereocenters. The zero-order chi connectivity index (χ0) is 47.1. The normalized spacial score (nSPS) is 14.3. The van der Waals surface area contributed by atoms with E-state index in [0.717, 1.165) is 95.4 Å². The van der Waals surface area contributed by atoms with Crippen molar-refractivity contribution >= 4 is 39.0 Å². The molecule has 336 valence electrons. The van der Waals surface area contributed by atoms with Gasteiger partial charge >= 0.3 is 0 Å². The van der Waals surface area contributed by atoms with Crippen LogP contribution in [0.3, 0.4) is 0 Å². The molecule has 0 radical (unpaired) electrons. The molecule has 2 spiro atoms. The number of nitrogens with zero attached hydrogens (tertiary/aromatic N) is 1. The third-order valence-corrected chi connectivity index (χ3v) is 16.0. The van der Waals surface area contributed by atoms with Crippen LogP contribution in [0.15, 0.2) is 253 Å². The number of hydrogen-bond donors (Lipinski definition) is 0. The van der Waals surface area contributed by atoms with E-state index in [2.05, 4.69) is 248 Å². The topological polar surface area (TPSA) is 34.8 Å². The molecule has 16 rings (SSSR count). The number of para-hydroxylation sites is 3. The Hall–Kier alpha value is -9.38. The van der Waals surface area contributed by atoms with Crippen LogP contribution in [0, 0.1) is 0 Å². The molecular weight excluding hydrogens is 879 g/mol. The first-order valence-electron chi connectivity index (χ1n) is 24.7. The number of anilines is 3. The number of rotatable bonds is 4. The second-order valence-electron chi connectivity index (χ2n) is 19.4. The van der Waals surface area contributed by atoms with Crippen molar-refractivity contribution in [2.45, 2.75) is 10.8 Å². The maximum absolute atomic E-state index is 7.33. The molecule has 11 aromatic carbocycles. The van der Waals surface area contributed by atoms with Crippen molar-refractivity contribution in [3.8, 4) is 56.4 Å². The fourth-order valence-electron chi connectivity index (χ4n) is 13.3. The van der Waals surface area contributed by atoms with Gasteiger partial charge in [0, 0.05) is 44.6 Å². The van der Waals surface area contributed by atoms with E-state index in [-0.39, 0.29) is 0 Å². The van der Waals surface area contributed by atoms with Crippen LogP contribution in [-0.4, -0.2) is 0 Å². The first-order chi connectivity index (χ1) is 35.7. The Bertz CT molecular complexity index is 4170. The summed E-state index contributed by atoms with van der Waals surface area (Å²) >= 11 is 0. The lowest BCUT2D eigenvalue weighted by atomic mass is 9.65. The highest BCUT2D eigenvalue weighted by Crippen LogP contribution is 2.66. The highest BCUT2D eigenvalue weighted by atomic mass is 16.5. The number of furan rings is 1. The molecule has 2 aliphatic carbocycles. The quantitative estimate of drug-likeness (QED) is 0.176. The van der Waals surface area contributed by atoms with Gasteiger partial charge in [0.2, 0.25) is 0 Å². The van der Waals surface area contributed by atoms with Crippen LogP contribution >= 0.6 is 0 Å². The molecule has 0 fully saturated rings. The van der Waals surface area contributed by atoms with Crippen LogP contribution in [0.2, 0.25) is 0 Å². The molecule has 3 heterocycles. The van der Waals surface area contributed by atoms with E-state index in [1.54, 1.807) is 0 Å². The molecule has 1 aromatic heterocycles. The fourth-order valence-corrected chi connectivity index (χ4v) is 13.3. The highest BCUT2D eigenvalue weighted by Gasteiger charge is 2.53. The van der Waals surface area contributed by atoms with Gasteiger partial charge in [-0.25, -0.2) is 0 Å². The summed E-state index contributed by atoms with van der Waals surface area (Å²) in [7, 11) is 0. The van der Waals surface area contributed by atoms with Crippen LogP contribution < -0.4 is 14.4 Å². The summed E-state index contributed by atoms with van der Waals surface area (Å²) in [6.07, 6.45) is 0. The van der Waals surface area contributed by atoms with Gasteiger partial charge in [0.05, 0.1) is 21.9 Å². The first-order valence-corrected chi connectivity index (χ1v) is 24.7. The van der Waals surface area contributed by atoms with Gasteiger partial charge in [-0.15, -0.1) is 0 Å². The lowest BCUT2D eigenvalue weighted by molar-refractivity contribution is 0.436. The fraction of sp³-hybridized carbons (Fsp3) is 0.0294. The van der Waals surface area contributed by atoms with Crippen molar-refractivity contribution in [2.24, 2.45) is 0 Å². The predicted molar refractivity (Wildman–Crippen MR) is 289 cm³/mol. The molecule has 0 N–H and O–H groups in total. The van der Waals surface area contributed by atoms with Crippen LogP contribution in [0.1, 0.15) is 44.5 Å². The Kier molecular flexibility index (Phi) is 7.99. The van der Waals surface area contributed by atoms with E-state index in [1.165, 1.54) is 44.5 Å². The van der Waals surface area contributed by atoms with E-state index >= 15 is 0 Å². The summed E-state index contributed by atoms with van der Waals surface area (Å²) < 4.78 is 21.1. The molecule has 4 aliphatic rings. The molecule has 2 aliphatic heterocycles. The van der Waals surface area contributed by atoms with Crippen molar-refractivity contribution in [1.29, 1.82) is 0 Å².